The Morgan fingerprint density at radius 3 is 2.64 bits per heavy atom. The van der Waals surface area contributed by atoms with Crippen LogP contribution in [0.1, 0.15) is 39.5 Å². The van der Waals surface area contributed by atoms with Gasteiger partial charge in [-0.25, -0.2) is 0 Å². The van der Waals surface area contributed by atoms with E-state index in [2.05, 4.69) is 23.8 Å². The predicted octanol–water partition coefficient (Wildman–Crippen LogP) is -2.31. The summed E-state index contributed by atoms with van der Waals surface area (Å²) < 4.78 is 0. The summed E-state index contributed by atoms with van der Waals surface area (Å²) in [5.74, 6) is 0. The zero-order valence-corrected chi connectivity index (χ0v) is 10.1. The summed E-state index contributed by atoms with van der Waals surface area (Å²) in [4.78, 5) is 2.33. The van der Waals surface area contributed by atoms with Crippen molar-refractivity contribution in [3.05, 3.63) is 0 Å². The van der Waals surface area contributed by atoms with Gasteiger partial charge in [0.05, 0.1) is 0 Å². The fourth-order valence-electron chi connectivity index (χ4n) is 1.50. The lowest BCUT2D eigenvalue weighted by Crippen LogP contribution is -3.07. The highest BCUT2D eigenvalue weighted by Crippen LogP contribution is 1.92. The number of hydrogen-bond acceptors (Lipinski definition) is 2. The van der Waals surface area contributed by atoms with Crippen LogP contribution in [0.4, 0.5) is 0 Å². The first-order chi connectivity index (χ1) is 6.36. The smallest absolute Gasteiger partial charge is 0.178 e. The van der Waals surface area contributed by atoms with Crippen molar-refractivity contribution < 1.29 is 17.4 Å². The molecule has 1 rings (SSSR count). The van der Waals surface area contributed by atoms with E-state index < -0.39 is 0 Å². The SMILES string of the molecule is CCCCN1C=N[NH+](CCCC)C1.[Cl-]. The quantitative estimate of drug-likeness (QED) is 0.533. The molecule has 0 aromatic rings. The first kappa shape index (κ1) is 13.7. The normalized spacial score (nSPS) is 19.9. The van der Waals surface area contributed by atoms with Crippen molar-refractivity contribution in [2.45, 2.75) is 39.5 Å². The lowest BCUT2D eigenvalue weighted by atomic mass is 10.3. The largest absolute Gasteiger partial charge is 1.00 e. The molecule has 1 unspecified atom stereocenters. The van der Waals surface area contributed by atoms with E-state index in [4.69, 9.17) is 0 Å². The van der Waals surface area contributed by atoms with Crippen LogP contribution in [0.3, 0.4) is 0 Å². The van der Waals surface area contributed by atoms with Gasteiger partial charge >= 0.3 is 0 Å². The van der Waals surface area contributed by atoms with Crippen molar-refractivity contribution in [1.82, 2.24) is 4.90 Å². The monoisotopic (exact) mass is 219 g/mol. The molecule has 0 saturated heterocycles. The van der Waals surface area contributed by atoms with Crippen molar-refractivity contribution in [1.29, 1.82) is 0 Å². The number of rotatable bonds is 6. The molecule has 0 bridgehead atoms. The third-order valence-electron chi connectivity index (χ3n) is 2.41. The summed E-state index contributed by atoms with van der Waals surface area (Å²) in [6.07, 6.45) is 7.13. The summed E-state index contributed by atoms with van der Waals surface area (Å²) >= 11 is 0. The molecular formula is C10H22ClN3. The highest BCUT2D eigenvalue weighted by Gasteiger charge is 2.16. The molecule has 0 radical (unpaired) electrons. The van der Waals surface area contributed by atoms with Crippen LogP contribution in [0.5, 0.6) is 0 Å². The molecule has 0 fully saturated rings. The second kappa shape index (κ2) is 8.06. The second-order valence-corrected chi connectivity index (χ2v) is 3.74. The first-order valence-corrected chi connectivity index (χ1v) is 5.49. The second-order valence-electron chi connectivity index (χ2n) is 3.74. The molecule has 4 heteroatoms. The summed E-state index contributed by atoms with van der Waals surface area (Å²) in [5, 5.41) is 5.80. The van der Waals surface area contributed by atoms with E-state index in [-0.39, 0.29) is 12.4 Å². The van der Waals surface area contributed by atoms with Crippen LogP contribution in [-0.4, -0.2) is 31.0 Å². The van der Waals surface area contributed by atoms with Crippen LogP contribution < -0.4 is 17.4 Å². The van der Waals surface area contributed by atoms with Crippen LogP contribution >= 0.6 is 0 Å². The summed E-state index contributed by atoms with van der Waals surface area (Å²) in [6, 6.07) is 0. The molecule has 0 amide bonds. The average molecular weight is 220 g/mol. The Balaban J connectivity index is 0.00000169. The van der Waals surface area contributed by atoms with Gasteiger partial charge in [0.15, 0.2) is 13.0 Å². The van der Waals surface area contributed by atoms with Gasteiger partial charge in [-0.2, -0.15) is 5.01 Å². The molecule has 0 aromatic heterocycles. The van der Waals surface area contributed by atoms with E-state index in [1.165, 1.54) is 43.8 Å². The van der Waals surface area contributed by atoms with Gasteiger partial charge < -0.3 is 17.3 Å². The van der Waals surface area contributed by atoms with Gasteiger partial charge in [-0.1, -0.05) is 31.8 Å². The number of hydrogen-bond donors (Lipinski definition) is 1. The Hall–Kier alpha value is -0.280. The fraction of sp³-hybridized carbons (Fsp3) is 0.900. The van der Waals surface area contributed by atoms with Crippen LogP contribution in [0, 0.1) is 0 Å². The average Bonchev–Trinajstić information content (AvgIpc) is 2.59. The minimum atomic E-state index is 0. The topological polar surface area (TPSA) is 20.0 Å². The summed E-state index contributed by atoms with van der Waals surface area (Å²) in [7, 11) is 0. The number of nitrogens with one attached hydrogen (secondary N) is 1. The molecule has 0 aliphatic carbocycles. The fourth-order valence-corrected chi connectivity index (χ4v) is 1.50. The maximum absolute atomic E-state index is 4.43. The number of nitrogens with zero attached hydrogens (tertiary/aromatic N) is 2. The van der Waals surface area contributed by atoms with Crippen molar-refractivity contribution in [2.75, 3.05) is 19.8 Å². The Labute approximate surface area is 93.6 Å². The third-order valence-corrected chi connectivity index (χ3v) is 2.41. The minimum Gasteiger partial charge on any atom is -1.00 e. The van der Waals surface area contributed by atoms with Crippen molar-refractivity contribution in [3.63, 3.8) is 0 Å². The minimum absolute atomic E-state index is 0. The van der Waals surface area contributed by atoms with Gasteiger partial charge in [0, 0.05) is 6.54 Å². The van der Waals surface area contributed by atoms with E-state index in [0.29, 0.717) is 0 Å². The van der Waals surface area contributed by atoms with E-state index in [9.17, 15) is 0 Å². The third kappa shape index (κ3) is 4.82. The first-order valence-electron chi connectivity index (χ1n) is 5.49. The molecule has 14 heavy (non-hydrogen) atoms. The molecule has 84 valence electrons. The van der Waals surface area contributed by atoms with E-state index >= 15 is 0 Å². The number of quaternary nitrogens is 1. The summed E-state index contributed by atoms with van der Waals surface area (Å²) in [6.45, 7) is 7.91. The Morgan fingerprint density at radius 1 is 1.29 bits per heavy atom. The molecule has 1 N–H and O–H groups in total. The van der Waals surface area contributed by atoms with Crippen molar-refractivity contribution in [3.8, 4) is 0 Å². The van der Waals surface area contributed by atoms with E-state index in [1.54, 1.807) is 0 Å². The molecule has 1 aliphatic rings. The zero-order valence-electron chi connectivity index (χ0n) is 9.30. The Kier molecular flexibility index (Phi) is 7.90. The highest BCUT2D eigenvalue weighted by atomic mass is 35.5. The molecule has 1 aliphatic heterocycles. The highest BCUT2D eigenvalue weighted by molar-refractivity contribution is 5.54. The number of unbranched alkanes of at least 4 members (excludes halogenated alkanes) is 2. The van der Waals surface area contributed by atoms with Crippen LogP contribution in [0.2, 0.25) is 0 Å². The van der Waals surface area contributed by atoms with Gasteiger partial charge in [-0.15, -0.1) is 0 Å². The van der Waals surface area contributed by atoms with Crippen molar-refractivity contribution >= 4 is 6.34 Å². The van der Waals surface area contributed by atoms with Crippen LogP contribution in [0.25, 0.3) is 0 Å². The molecule has 0 saturated carbocycles. The van der Waals surface area contributed by atoms with E-state index in [0.717, 1.165) is 6.67 Å². The zero-order chi connectivity index (χ0) is 9.52. The van der Waals surface area contributed by atoms with Crippen molar-refractivity contribution in [2.24, 2.45) is 5.10 Å². The van der Waals surface area contributed by atoms with Gasteiger partial charge in [-0.05, 0) is 12.8 Å². The molecule has 0 aromatic carbocycles. The molecular weight excluding hydrogens is 198 g/mol. The van der Waals surface area contributed by atoms with Crippen LogP contribution in [0.15, 0.2) is 5.10 Å². The Morgan fingerprint density at radius 2 is 2.00 bits per heavy atom. The lowest BCUT2D eigenvalue weighted by Gasteiger charge is -2.13. The van der Waals surface area contributed by atoms with E-state index in [1.807, 2.05) is 6.34 Å². The van der Waals surface area contributed by atoms with Crippen LogP contribution in [-0.2, 0) is 0 Å². The van der Waals surface area contributed by atoms with Gasteiger partial charge in [0.1, 0.15) is 6.54 Å². The Bertz CT molecular complexity index is 145. The maximum atomic E-state index is 4.43. The molecule has 0 spiro atoms. The predicted molar refractivity (Wildman–Crippen MR) is 55.7 cm³/mol. The standard InChI is InChI=1S/C10H21N3.ClH/c1-3-5-7-12-9-11-13(10-12)8-6-4-2;/h9H,3-8,10H2,1-2H3;1H. The molecule has 1 atom stereocenters. The lowest BCUT2D eigenvalue weighted by molar-refractivity contribution is -0.908. The maximum Gasteiger partial charge on any atom is 0.178 e. The van der Waals surface area contributed by atoms with Gasteiger partial charge in [0.25, 0.3) is 0 Å². The molecule has 3 nitrogen and oxygen atoms in total. The van der Waals surface area contributed by atoms with Gasteiger partial charge in [0.2, 0.25) is 0 Å². The molecule has 1 heterocycles. The summed E-state index contributed by atoms with van der Waals surface area (Å²) in [5.41, 5.74) is 0. The van der Waals surface area contributed by atoms with Gasteiger partial charge in [-0.3, -0.25) is 0 Å². The number of halogens is 1.